The molecular formula is C19H20ClNOS. The van der Waals surface area contributed by atoms with Gasteiger partial charge in [0.25, 0.3) is 0 Å². The summed E-state index contributed by atoms with van der Waals surface area (Å²) in [7, 11) is 0. The summed E-state index contributed by atoms with van der Waals surface area (Å²) in [6, 6.07) is 16.1. The smallest absolute Gasteiger partial charge is 0.236 e. The van der Waals surface area contributed by atoms with Crippen molar-refractivity contribution in [1.29, 1.82) is 0 Å². The maximum atomic E-state index is 12.9. The minimum absolute atomic E-state index is 0.0403. The summed E-state index contributed by atoms with van der Waals surface area (Å²) in [5, 5.41) is 0.683. The van der Waals surface area contributed by atoms with Crippen LogP contribution in [0, 0.1) is 0 Å². The van der Waals surface area contributed by atoms with Crippen molar-refractivity contribution in [3.8, 4) is 0 Å². The Morgan fingerprint density at radius 2 is 1.87 bits per heavy atom. The fourth-order valence-electron chi connectivity index (χ4n) is 2.87. The van der Waals surface area contributed by atoms with E-state index in [2.05, 4.69) is 25.1 Å². The normalized spacial score (nSPS) is 15.1. The molecule has 0 radical (unpaired) electrons. The molecule has 0 aromatic heterocycles. The first-order valence-electron chi connectivity index (χ1n) is 7.95. The molecule has 2 aromatic carbocycles. The van der Waals surface area contributed by atoms with E-state index in [1.165, 1.54) is 11.1 Å². The van der Waals surface area contributed by atoms with Gasteiger partial charge >= 0.3 is 0 Å². The van der Waals surface area contributed by atoms with Gasteiger partial charge in [0.2, 0.25) is 5.91 Å². The number of fused-ring (bicyclic) bond motifs is 1. The van der Waals surface area contributed by atoms with E-state index >= 15 is 0 Å². The van der Waals surface area contributed by atoms with Crippen LogP contribution in [0.25, 0.3) is 0 Å². The molecule has 0 unspecified atom stereocenters. The maximum absolute atomic E-state index is 12.9. The number of carbonyl (C=O) groups is 1. The molecule has 1 atom stereocenters. The molecule has 0 bridgehead atoms. The van der Waals surface area contributed by atoms with Gasteiger partial charge in [0.05, 0.1) is 5.25 Å². The van der Waals surface area contributed by atoms with Crippen LogP contribution in [0.5, 0.6) is 0 Å². The monoisotopic (exact) mass is 345 g/mol. The maximum Gasteiger partial charge on any atom is 0.236 e. The molecule has 0 fully saturated rings. The predicted octanol–water partition coefficient (Wildman–Crippen LogP) is 4.80. The number of nitrogens with zero attached hydrogens (tertiary/aromatic N) is 1. The molecule has 120 valence electrons. The fourth-order valence-corrected chi connectivity index (χ4v) is 4.04. The molecule has 1 amide bonds. The lowest BCUT2D eigenvalue weighted by molar-refractivity contribution is -0.131. The molecule has 2 aromatic rings. The summed E-state index contributed by atoms with van der Waals surface area (Å²) < 4.78 is 0. The van der Waals surface area contributed by atoms with Crippen LogP contribution < -0.4 is 0 Å². The summed E-state index contributed by atoms with van der Waals surface area (Å²) in [4.78, 5) is 16.0. The molecule has 0 saturated heterocycles. The molecule has 4 heteroatoms. The van der Waals surface area contributed by atoms with Gasteiger partial charge in [0.1, 0.15) is 0 Å². The Morgan fingerprint density at radius 1 is 1.17 bits per heavy atom. The van der Waals surface area contributed by atoms with E-state index in [1.807, 2.05) is 35.2 Å². The first kappa shape index (κ1) is 16.4. The van der Waals surface area contributed by atoms with E-state index in [1.54, 1.807) is 11.8 Å². The third-order valence-corrected chi connectivity index (χ3v) is 5.80. The number of benzene rings is 2. The van der Waals surface area contributed by atoms with Gasteiger partial charge in [-0.3, -0.25) is 4.79 Å². The summed E-state index contributed by atoms with van der Waals surface area (Å²) in [5.41, 5.74) is 2.65. The Hall–Kier alpha value is -1.45. The Kier molecular flexibility index (Phi) is 5.29. The second-order valence-electron chi connectivity index (χ2n) is 5.75. The summed E-state index contributed by atoms with van der Waals surface area (Å²) in [6.45, 7) is 3.61. The second-order valence-corrected chi connectivity index (χ2v) is 7.46. The van der Waals surface area contributed by atoms with E-state index in [0.717, 1.165) is 35.8 Å². The highest BCUT2D eigenvalue weighted by Gasteiger charge is 2.26. The summed E-state index contributed by atoms with van der Waals surface area (Å²) in [6.07, 6.45) is 1.77. The number of rotatable bonds is 4. The van der Waals surface area contributed by atoms with E-state index in [-0.39, 0.29) is 11.2 Å². The molecule has 3 rings (SSSR count). The number of hydrogen-bond donors (Lipinski definition) is 0. The van der Waals surface area contributed by atoms with Gasteiger partial charge in [-0.2, -0.15) is 0 Å². The molecule has 23 heavy (non-hydrogen) atoms. The van der Waals surface area contributed by atoms with Gasteiger partial charge in [-0.05, 0) is 48.2 Å². The molecule has 0 N–H and O–H groups in total. The highest BCUT2D eigenvalue weighted by Crippen LogP contribution is 2.29. The van der Waals surface area contributed by atoms with Crippen LogP contribution in [0.15, 0.2) is 53.4 Å². The summed E-state index contributed by atoms with van der Waals surface area (Å²) >= 11 is 7.56. The van der Waals surface area contributed by atoms with Gasteiger partial charge in [-0.25, -0.2) is 0 Å². The third kappa shape index (κ3) is 3.91. The van der Waals surface area contributed by atoms with Gasteiger partial charge in [0.15, 0.2) is 0 Å². The minimum atomic E-state index is -0.0403. The zero-order chi connectivity index (χ0) is 16.2. The van der Waals surface area contributed by atoms with E-state index in [4.69, 9.17) is 11.6 Å². The number of hydrogen-bond acceptors (Lipinski definition) is 2. The highest BCUT2D eigenvalue weighted by atomic mass is 35.5. The largest absolute Gasteiger partial charge is 0.337 e. The van der Waals surface area contributed by atoms with Crippen LogP contribution in [-0.2, 0) is 17.8 Å². The van der Waals surface area contributed by atoms with Crippen LogP contribution in [0.4, 0.5) is 0 Å². The predicted molar refractivity (Wildman–Crippen MR) is 97.0 cm³/mol. The molecule has 1 heterocycles. The van der Waals surface area contributed by atoms with Crippen LogP contribution in [0.3, 0.4) is 0 Å². The quantitative estimate of drug-likeness (QED) is 0.742. The van der Waals surface area contributed by atoms with Crippen molar-refractivity contribution >= 4 is 29.3 Å². The average Bonchev–Trinajstić information content (AvgIpc) is 2.60. The van der Waals surface area contributed by atoms with Crippen molar-refractivity contribution < 1.29 is 4.79 Å². The second kappa shape index (κ2) is 7.41. The van der Waals surface area contributed by atoms with Crippen molar-refractivity contribution in [1.82, 2.24) is 4.90 Å². The first-order valence-corrected chi connectivity index (χ1v) is 9.21. The third-order valence-electron chi connectivity index (χ3n) is 4.18. The molecule has 0 aliphatic carbocycles. The average molecular weight is 346 g/mol. The first-order chi connectivity index (χ1) is 11.2. The summed E-state index contributed by atoms with van der Waals surface area (Å²) in [5.74, 6) is 0.238. The number of carbonyl (C=O) groups excluding carboxylic acids is 1. The zero-order valence-corrected chi connectivity index (χ0v) is 14.7. The molecule has 1 aliphatic rings. The molecule has 0 spiro atoms. The molecule has 2 nitrogen and oxygen atoms in total. The van der Waals surface area contributed by atoms with Crippen LogP contribution in [0.2, 0.25) is 5.02 Å². The Morgan fingerprint density at radius 3 is 2.57 bits per heavy atom. The van der Waals surface area contributed by atoms with Crippen LogP contribution >= 0.6 is 23.4 Å². The van der Waals surface area contributed by atoms with Gasteiger partial charge in [0, 0.05) is 23.0 Å². The SMILES string of the molecule is CC[C@H](Sc1ccc(Cl)cc1)C(=O)N1CCc2ccccc2C1. The molecular weight excluding hydrogens is 326 g/mol. The van der Waals surface area contributed by atoms with Crippen LogP contribution in [-0.4, -0.2) is 22.6 Å². The molecule has 0 saturated carbocycles. The highest BCUT2D eigenvalue weighted by molar-refractivity contribution is 8.00. The van der Waals surface area contributed by atoms with Crippen molar-refractivity contribution in [2.75, 3.05) is 6.54 Å². The number of amides is 1. The molecule has 1 aliphatic heterocycles. The topological polar surface area (TPSA) is 20.3 Å². The minimum Gasteiger partial charge on any atom is -0.337 e. The van der Waals surface area contributed by atoms with Crippen molar-refractivity contribution in [3.63, 3.8) is 0 Å². The van der Waals surface area contributed by atoms with Crippen molar-refractivity contribution in [2.24, 2.45) is 0 Å². The lowest BCUT2D eigenvalue weighted by Crippen LogP contribution is -2.40. The van der Waals surface area contributed by atoms with E-state index in [0.29, 0.717) is 0 Å². The standard InChI is InChI=1S/C19H20ClNOS/c1-2-18(23-17-9-7-16(20)8-10-17)19(22)21-12-11-14-5-3-4-6-15(14)13-21/h3-10,18H,2,11-13H2,1H3/t18-/m0/s1. The lowest BCUT2D eigenvalue weighted by Gasteiger charge is -2.31. The lowest BCUT2D eigenvalue weighted by atomic mass is 9.99. The van der Waals surface area contributed by atoms with Crippen LogP contribution in [0.1, 0.15) is 24.5 Å². The van der Waals surface area contributed by atoms with E-state index in [9.17, 15) is 4.79 Å². The van der Waals surface area contributed by atoms with Gasteiger partial charge in [-0.15, -0.1) is 11.8 Å². The van der Waals surface area contributed by atoms with E-state index < -0.39 is 0 Å². The number of thioether (sulfide) groups is 1. The van der Waals surface area contributed by atoms with Crippen molar-refractivity contribution in [3.05, 3.63) is 64.7 Å². The Labute approximate surface area is 146 Å². The van der Waals surface area contributed by atoms with Gasteiger partial charge < -0.3 is 4.90 Å². The Bertz CT molecular complexity index is 686. The number of halogens is 1. The van der Waals surface area contributed by atoms with Crippen molar-refractivity contribution in [2.45, 2.75) is 36.5 Å². The Balaban J connectivity index is 1.69. The van der Waals surface area contributed by atoms with Gasteiger partial charge in [-0.1, -0.05) is 42.8 Å². The fraction of sp³-hybridized carbons (Fsp3) is 0.316. The zero-order valence-electron chi connectivity index (χ0n) is 13.2.